The summed E-state index contributed by atoms with van der Waals surface area (Å²) in [5, 5.41) is 18.2. The first-order chi connectivity index (χ1) is 10.5. The predicted molar refractivity (Wildman–Crippen MR) is 84.0 cm³/mol. The number of ether oxygens (including phenoxy) is 1. The fourth-order valence-corrected chi connectivity index (χ4v) is 2.43. The quantitative estimate of drug-likeness (QED) is 0.861. The molecule has 0 fully saturated rings. The van der Waals surface area contributed by atoms with Crippen molar-refractivity contribution in [2.24, 2.45) is 0 Å². The summed E-state index contributed by atoms with van der Waals surface area (Å²) in [5.41, 5.74) is 3.75. The number of aliphatic carboxylic acids is 1. The van der Waals surface area contributed by atoms with Gasteiger partial charge in [-0.2, -0.15) is 0 Å². The van der Waals surface area contributed by atoms with Crippen molar-refractivity contribution < 1.29 is 19.7 Å². The van der Waals surface area contributed by atoms with Crippen LogP contribution in [0.25, 0.3) is 0 Å². The van der Waals surface area contributed by atoms with Gasteiger partial charge in [-0.1, -0.05) is 42.5 Å². The summed E-state index contributed by atoms with van der Waals surface area (Å²) in [6, 6.07) is 13.6. The Morgan fingerprint density at radius 2 is 1.68 bits per heavy atom. The van der Waals surface area contributed by atoms with Gasteiger partial charge in [-0.25, -0.2) is 4.79 Å². The number of benzene rings is 2. The van der Waals surface area contributed by atoms with Crippen molar-refractivity contribution >= 4 is 5.97 Å². The predicted octanol–water partition coefficient (Wildman–Crippen LogP) is 2.87. The Morgan fingerprint density at radius 3 is 2.23 bits per heavy atom. The van der Waals surface area contributed by atoms with Crippen LogP contribution in [0.1, 0.15) is 22.3 Å². The first-order valence-electron chi connectivity index (χ1n) is 7.15. The van der Waals surface area contributed by atoms with Crippen LogP contribution in [0.2, 0.25) is 0 Å². The lowest BCUT2D eigenvalue weighted by atomic mass is 10.0. The van der Waals surface area contributed by atoms with E-state index in [-0.39, 0.29) is 6.42 Å². The Labute approximate surface area is 130 Å². The van der Waals surface area contributed by atoms with Crippen molar-refractivity contribution in [3.05, 3.63) is 64.7 Å². The minimum atomic E-state index is -1.38. The number of hydrogen-bond acceptors (Lipinski definition) is 3. The van der Waals surface area contributed by atoms with E-state index in [4.69, 9.17) is 9.84 Å². The molecule has 0 spiro atoms. The van der Waals surface area contributed by atoms with Gasteiger partial charge in [0.05, 0.1) is 0 Å². The van der Waals surface area contributed by atoms with Crippen molar-refractivity contribution in [3.8, 4) is 5.75 Å². The Hall–Kier alpha value is -2.33. The van der Waals surface area contributed by atoms with Gasteiger partial charge in [0.15, 0.2) is 6.10 Å². The Balaban J connectivity index is 2.11. The maximum atomic E-state index is 10.7. The van der Waals surface area contributed by atoms with E-state index in [1.165, 1.54) is 0 Å². The molecule has 2 aromatic carbocycles. The van der Waals surface area contributed by atoms with E-state index in [0.717, 1.165) is 28.0 Å². The lowest BCUT2D eigenvalue weighted by molar-refractivity contribution is -0.146. The molecule has 0 aliphatic heterocycles. The molecule has 0 heterocycles. The van der Waals surface area contributed by atoms with E-state index in [9.17, 15) is 9.90 Å². The highest BCUT2D eigenvalue weighted by Crippen LogP contribution is 2.26. The van der Waals surface area contributed by atoms with Crippen molar-refractivity contribution in [1.29, 1.82) is 0 Å². The smallest absolute Gasteiger partial charge is 0.332 e. The van der Waals surface area contributed by atoms with Crippen LogP contribution in [0, 0.1) is 13.8 Å². The minimum Gasteiger partial charge on any atom is -0.488 e. The van der Waals surface area contributed by atoms with Gasteiger partial charge in [0, 0.05) is 6.42 Å². The molecule has 1 atom stereocenters. The molecule has 22 heavy (non-hydrogen) atoms. The summed E-state index contributed by atoms with van der Waals surface area (Å²) < 4.78 is 5.88. The lowest BCUT2D eigenvalue weighted by Gasteiger charge is -2.15. The fraction of sp³-hybridized carbons (Fsp3) is 0.278. The van der Waals surface area contributed by atoms with Crippen LogP contribution >= 0.6 is 0 Å². The van der Waals surface area contributed by atoms with E-state index in [1.54, 1.807) is 0 Å². The summed E-state index contributed by atoms with van der Waals surface area (Å²) in [7, 11) is 0. The van der Waals surface area contributed by atoms with Crippen LogP contribution in [-0.2, 0) is 17.8 Å². The third-order valence-electron chi connectivity index (χ3n) is 3.46. The highest BCUT2D eigenvalue weighted by Gasteiger charge is 2.15. The number of aliphatic hydroxyl groups is 1. The molecule has 0 unspecified atom stereocenters. The highest BCUT2D eigenvalue weighted by atomic mass is 16.5. The first-order valence-corrected chi connectivity index (χ1v) is 7.15. The Morgan fingerprint density at radius 1 is 1.09 bits per heavy atom. The second kappa shape index (κ2) is 7.09. The van der Waals surface area contributed by atoms with Gasteiger partial charge in [-0.15, -0.1) is 0 Å². The zero-order chi connectivity index (χ0) is 16.1. The Bertz CT molecular complexity index is 626. The average Bonchev–Trinajstić information content (AvgIpc) is 2.47. The van der Waals surface area contributed by atoms with Crippen LogP contribution in [0.5, 0.6) is 5.75 Å². The topological polar surface area (TPSA) is 66.8 Å². The molecular formula is C18H20O4. The molecule has 2 rings (SSSR count). The monoisotopic (exact) mass is 300 g/mol. The molecule has 0 aliphatic rings. The van der Waals surface area contributed by atoms with Crippen LogP contribution in [-0.4, -0.2) is 22.3 Å². The van der Waals surface area contributed by atoms with Gasteiger partial charge in [-0.3, -0.25) is 0 Å². The second-order valence-electron chi connectivity index (χ2n) is 5.39. The van der Waals surface area contributed by atoms with Gasteiger partial charge >= 0.3 is 5.97 Å². The van der Waals surface area contributed by atoms with Crippen molar-refractivity contribution in [1.82, 2.24) is 0 Å². The highest BCUT2D eigenvalue weighted by molar-refractivity contribution is 5.72. The van der Waals surface area contributed by atoms with Crippen LogP contribution in [0.15, 0.2) is 42.5 Å². The van der Waals surface area contributed by atoms with Crippen LogP contribution in [0.3, 0.4) is 0 Å². The average molecular weight is 300 g/mol. The van der Waals surface area contributed by atoms with E-state index in [1.807, 2.05) is 56.3 Å². The molecule has 0 aromatic heterocycles. The summed E-state index contributed by atoms with van der Waals surface area (Å²) in [5.74, 6) is -0.405. The summed E-state index contributed by atoms with van der Waals surface area (Å²) in [6.45, 7) is 4.33. The first kappa shape index (κ1) is 16.0. The van der Waals surface area contributed by atoms with E-state index in [2.05, 4.69) is 0 Å². The molecular weight excluding hydrogens is 280 g/mol. The van der Waals surface area contributed by atoms with Gasteiger partial charge < -0.3 is 14.9 Å². The molecule has 4 nitrogen and oxygen atoms in total. The zero-order valence-corrected chi connectivity index (χ0v) is 12.7. The second-order valence-corrected chi connectivity index (χ2v) is 5.39. The molecule has 0 radical (unpaired) electrons. The molecule has 2 aromatic rings. The van der Waals surface area contributed by atoms with Crippen LogP contribution < -0.4 is 4.74 Å². The third-order valence-corrected chi connectivity index (χ3v) is 3.46. The van der Waals surface area contributed by atoms with Crippen molar-refractivity contribution in [2.75, 3.05) is 0 Å². The number of carboxylic acid groups (broad SMARTS) is 1. The van der Waals surface area contributed by atoms with E-state index >= 15 is 0 Å². The summed E-state index contributed by atoms with van der Waals surface area (Å²) in [4.78, 5) is 10.7. The molecule has 0 saturated carbocycles. The lowest BCUT2D eigenvalue weighted by Crippen LogP contribution is -2.22. The molecule has 0 aliphatic carbocycles. The summed E-state index contributed by atoms with van der Waals surface area (Å²) in [6.07, 6.45) is -1.29. The number of rotatable bonds is 6. The molecule has 116 valence electrons. The van der Waals surface area contributed by atoms with Gasteiger partial charge in [0.25, 0.3) is 0 Å². The van der Waals surface area contributed by atoms with Gasteiger partial charge in [0.1, 0.15) is 12.4 Å². The molecule has 4 heteroatoms. The standard InChI is InChI=1S/C18H20O4/c1-12-8-15(10-16(19)18(20)21)9-13(2)17(12)22-11-14-6-4-3-5-7-14/h3-9,16,19H,10-11H2,1-2H3,(H,20,21)/t16-/m1/s1. The van der Waals surface area contributed by atoms with Gasteiger partial charge in [0.2, 0.25) is 0 Å². The van der Waals surface area contributed by atoms with Crippen molar-refractivity contribution in [3.63, 3.8) is 0 Å². The number of aryl methyl sites for hydroxylation is 2. The normalized spacial score (nSPS) is 12.0. The van der Waals surface area contributed by atoms with Crippen molar-refractivity contribution in [2.45, 2.75) is 33.0 Å². The zero-order valence-electron chi connectivity index (χ0n) is 12.7. The van der Waals surface area contributed by atoms with E-state index in [0.29, 0.717) is 6.61 Å². The molecule has 0 bridgehead atoms. The maximum absolute atomic E-state index is 10.7. The SMILES string of the molecule is Cc1cc(C[C@@H](O)C(=O)O)cc(C)c1OCc1ccccc1. The number of hydrogen-bond donors (Lipinski definition) is 2. The molecule has 0 amide bonds. The fourth-order valence-electron chi connectivity index (χ4n) is 2.43. The largest absolute Gasteiger partial charge is 0.488 e. The number of carboxylic acids is 1. The number of aliphatic hydroxyl groups excluding tert-OH is 1. The van der Waals surface area contributed by atoms with Crippen LogP contribution in [0.4, 0.5) is 0 Å². The molecule has 0 saturated heterocycles. The van der Waals surface area contributed by atoms with Gasteiger partial charge in [-0.05, 0) is 36.1 Å². The number of carbonyl (C=O) groups is 1. The summed E-state index contributed by atoms with van der Waals surface area (Å²) >= 11 is 0. The Kier molecular flexibility index (Phi) is 5.17. The maximum Gasteiger partial charge on any atom is 0.332 e. The molecule has 2 N–H and O–H groups in total. The minimum absolute atomic E-state index is 0.0932. The third kappa shape index (κ3) is 4.09. The van der Waals surface area contributed by atoms with E-state index < -0.39 is 12.1 Å².